The van der Waals surface area contributed by atoms with Crippen molar-refractivity contribution < 1.29 is 14.2 Å². The van der Waals surface area contributed by atoms with Crippen molar-refractivity contribution >= 4 is 45.1 Å². The summed E-state index contributed by atoms with van der Waals surface area (Å²) >= 11 is 9.66. The molecule has 13 heteroatoms. The van der Waals surface area contributed by atoms with Crippen molar-refractivity contribution in [2.24, 2.45) is 0 Å². The Labute approximate surface area is 200 Å². The Kier molecular flexibility index (Phi) is 6.29. The number of carbonyl (C=O) groups is 1. The lowest BCUT2D eigenvalue weighted by Gasteiger charge is -2.04. The second-order valence-electron chi connectivity index (χ2n) is 7.23. The number of nitrogens with zero attached hydrogens (tertiary/aromatic N) is 6. The van der Waals surface area contributed by atoms with Crippen LogP contribution in [0.2, 0.25) is 5.02 Å². The fraction of sp³-hybridized carbons (Fsp3) is 0.200. The minimum Gasteiger partial charge on any atom is -0.361 e. The van der Waals surface area contributed by atoms with Gasteiger partial charge in [0.05, 0.1) is 35.5 Å². The van der Waals surface area contributed by atoms with Gasteiger partial charge in [-0.05, 0) is 36.5 Å². The first-order chi connectivity index (χ1) is 15.7. The van der Waals surface area contributed by atoms with Crippen LogP contribution >= 0.6 is 27.5 Å². The smallest absolute Gasteiger partial charge is 0.361 e. The zero-order chi connectivity index (χ0) is 23.7. The van der Waals surface area contributed by atoms with Gasteiger partial charge in [0.15, 0.2) is 11.5 Å². The summed E-state index contributed by atoms with van der Waals surface area (Å²) in [6.45, 7) is 3.87. The van der Waals surface area contributed by atoms with E-state index in [2.05, 4.69) is 36.6 Å². The van der Waals surface area contributed by atoms with Gasteiger partial charge in [0, 0.05) is 10.7 Å². The van der Waals surface area contributed by atoms with E-state index in [4.69, 9.17) is 16.1 Å². The molecular formula is C20H17BrClN7O4. The highest BCUT2D eigenvalue weighted by Gasteiger charge is 2.25. The number of rotatable bonds is 7. The van der Waals surface area contributed by atoms with E-state index in [0.717, 1.165) is 10.0 Å². The van der Waals surface area contributed by atoms with E-state index >= 15 is 0 Å². The van der Waals surface area contributed by atoms with Crippen LogP contribution in [0.4, 0.5) is 11.6 Å². The molecule has 4 aromatic rings. The zero-order valence-corrected chi connectivity index (χ0v) is 19.8. The van der Waals surface area contributed by atoms with Gasteiger partial charge in [-0.15, -0.1) is 0 Å². The number of carbonyl (C=O) groups excluding carboxylic acids is 1. The minimum atomic E-state index is -0.579. The van der Waals surface area contributed by atoms with Gasteiger partial charge in [-0.2, -0.15) is 9.78 Å². The highest BCUT2D eigenvalue weighted by molar-refractivity contribution is 9.10. The Morgan fingerprint density at radius 3 is 2.64 bits per heavy atom. The first kappa shape index (κ1) is 22.7. The van der Waals surface area contributed by atoms with Crippen LogP contribution in [0.25, 0.3) is 0 Å². The van der Waals surface area contributed by atoms with Crippen molar-refractivity contribution in [3.8, 4) is 0 Å². The van der Waals surface area contributed by atoms with Gasteiger partial charge < -0.3 is 20.0 Å². The van der Waals surface area contributed by atoms with Crippen LogP contribution in [0, 0.1) is 24.0 Å². The molecule has 0 aliphatic heterocycles. The van der Waals surface area contributed by atoms with Crippen LogP contribution < -0.4 is 5.32 Å². The molecule has 3 aromatic heterocycles. The average molecular weight is 535 g/mol. The van der Waals surface area contributed by atoms with E-state index < -0.39 is 10.8 Å². The molecule has 0 saturated carbocycles. The quantitative estimate of drug-likeness (QED) is 0.275. The minimum absolute atomic E-state index is 0.0172. The Bertz CT molecular complexity index is 1340. The molecule has 0 bridgehead atoms. The number of halogens is 2. The molecule has 33 heavy (non-hydrogen) atoms. The van der Waals surface area contributed by atoms with Crippen LogP contribution in [0.1, 0.15) is 33.1 Å². The summed E-state index contributed by atoms with van der Waals surface area (Å²) in [6.07, 6.45) is 1.61. The third kappa shape index (κ3) is 4.96. The molecular weight excluding hydrogens is 518 g/mol. The Hall–Kier alpha value is -3.51. The third-order valence-corrected chi connectivity index (χ3v) is 5.68. The fourth-order valence-electron chi connectivity index (χ4n) is 3.15. The number of nitrogens with one attached hydrogen (secondary N) is 1. The van der Waals surface area contributed by atoms with Crippen LogP contribution in [-0.4, -0.2) is 35.5 Å². The Morgan fingerprint density at radius 2 is 1.97 bits per heavy atom. The lowest BCUT2D eigenvalue weighted by atomic mass is 10.2. The summed E-state index contributed by atoms with van der Waals surface area (Å²) in [5.41, 5.74) is 2.03. The number of hydrogen-bond acceptors (Lipinski definition) is 7. The number of hydrogen-bond donors (Lipinski definition) is 1. The van der Waals surface area contributed by atoms with Crippen molar-refractivity contribution in [1.29, 1.82) is 0 Å². The highest BCUT2D eigenvalue weighted by Crippen LogP contribution is 2.23. The van der Waals surface area contributed by atoms with Gasteiger partial charge in [0.1, 0.15) is 10.8 Å². The van der Waals surface area contributed by atoms with Crippen LogP contribution in [0.15, 0.2) is 45.5 Å². The fourth-order valence-corrected chi connectivity index (χ4v) is 3.62. The standard InChI is InChI=1S/C20H17BrClN7O4/c1-11-7-17(29(31)32)24-28(11)9-15-12(2)33-26-18(15)20(30)23-19-16(22)10-27(25-19)8-13-3-5-14(21)6-4-13/h3-7,10H,8-9H2,1-2H3,(H,23,25,30). The predicted octanol–water partition coefficient (Wildman–Crippen LogP) is 4.36. The van der Waals surface area contributed by atoms with Gasteiger partial charge in [0.25, 0.3) is 5.91 Å². The average Bonchev–Trinajstić information content (AvgIpc) is 3.42. The van der Waals surface area contributed by atoms with E-state index in [1.54, 1.807) is 24.7 Å². The summed E-state index contributed by atoms with van der Waals surface area (Å²) in [7, 11) is 0. The molecule has 0 aliphatic carbocycles. The van der Waals surface area contributed by atoms with Gasteiger partial charge in [-0.25, -0.2) is 0 Å². The molecule has 0 atom stereocenters. The maximum atomic E-state index is 12.9. The van der Waals surface area contributed by atoms with Crippen LogP contribution in [0.3, 0.4) is 0 Å². The van der Waals surface area contributed by atoms with E-state index in [9.17, 15) is 14.9 Å². The summed E-state index contributed by atoms with van der Waals surface area (Å²) in [5, 5.41) is 26.0. The van der Waals surface area contributed by atoms with Gasteiger partial charge >= 0.3 is 5.82 Å². The van der Waals surface area contributed by atoms with E-state index in [1.807, 2.05) is 24.3 Å². The van der Waals surface area contributed by atoms with E-state index in [0.29, 0.717) is 23.6 Å². The molecule has 1 N–H and O–H groups in total. The van der Waals surface area contributed by atoms with Crippen LogP contribution in [-0.2, 0) is 13.1 Å². The van der Waals surface area contributed by atoms with Crippen LogP contribution in [0.5, 0.6) is 0 Å². The summed E-state index contributed by atoms with van der Waals surface area (Å²) in [6, 6.07) is 9.09. The summed E-state index contributed by atoms with van der Waals surface area (Å²) in [5.74, 6) is -0.284. The number of benzene rings is 1. The Balaban J connectivity index is 1.52. The molecule has 0 fully saturated rings. The van der Waals surface area contributed by atoms with Crippen molar-refractivity contribution in [2.45, 2.75) is 26.9 Å². The van der Waals surface area contributed by atoms with E-state index in [1.165, 1.54) is 10.7 Å². The van der Waals surface area contributed by atoms with Crippen molar-refractivity contribution in [1.82, 2.24) is 24.7 Å². The third-order valence-electron chi connectivity index (χ3n) is 4.87. The molecule has 1 amide bonds. The number of nitro groups is 1. The number of anilines is 1. The zero-order valence-electron chi connectivity index (χ0n) is 17.5. The van der Waals surface area contributed by atoms with Gasteiger partial charge in [0.2, 0.25) is 0 Å². The summed E-state index contributed by atoms with van der Waals surface area (Å²) in [4.78, 5) is 23.3. The SMILES string of the molecule is Cc1onc(C(=O)Nc2nn(Cc3ccc(Br)cc3)cc2Cl)c1Cn1nc([N+](=O)[O-])cc1C. The molecule has 0 aliphatic rings. The second kappa shape index (κ2) is 9.16. The lowest BCUT2D eigenvalue weighted by molar-refractivity contribution is -0.389. The topological polar surface area (TPSA) is 134 Å². The number of aryl methyl sites for hydroxylation is 2. The molecule has 170 valence electrons. The molecule has 0 saturated heterocycles. The molecule has 11 nitrogen and oxygen atoms in total. The molecule has 4 rings (SSSR count). The molecule has 0 radical (unpaired) electrons. The maximum absolute atomic E-state index is 12.9. The first-order valence-corrected chi connectivity index (χ1v) is 10.8. The second-order valence-corrected chi connectivity index (χ2v) is 8.55. The van der Waals surface area contributed by atoms with Crippen molar-refractivity contribution in [2.75, 3.05) is 5.32 Å². The number of amides is 1. The lowest BCUT2D eigenvalue weighted by Crippen LogP contribution is -2.17. The number of aromatic nitrogens is 5. The van der Waals surface area contributed by atoms with E-state index in [-0.39, 0.29) is 28.9 Å². The maximum Gasteiger partial charge on any atom is 0.390 e. The molecule has 0 unspecified atom stereocenters. The van der Waals surface area contributed by atoms with Gasteiger partial charge in [-0.3, -0.25) is 9.48 Å². The first-order valence-electron chi connectivity index (χ1n) is 9.64. The van der Waals surface area contributed by atoms with Crippen molar-refractivity contribution in [3.63, 3.8) is 0 Å². The largest absolute Gasteiger partial charge is 0.390 e. The predicted molar refractivity (Wildman–Crippen MR) is 122 cm³/mol. The Morgan fingerprint density at radius 1 is 1.24 bits per heavy atom. The molecule has 1 aromatic carbocycles. The normalized spacial score (nSPS) is 11.0. The molecule has 0 spiro atoms. The monoisotopic (exact) mass is 533 g/mol. The molecule has 3 heterocycles. The summed E-state index contributed by atoms with van der Waals surface area (Å²) < 4.78 is 9.19. The van der Waals surface area contributed by atoms with Crippen molar-refractivity contribution in [3.05, 3.63) is 84.4 Å². The van der Waals surface area contributed by atoms with Gasteiger partial charge in [-0.1, -0.05) is 44.8 Å². The highest BCUT2D eigenvalue weighted by atomic mass is 79.9.